The highest BCUT2D eigenvalue weighted by Crippen LogP contribution is 2.22. The topological polar surface area (TPSA) is 66.9 Å². The van der Waals surface area contributed by atoms with E-state index in [-0.39, 0.29) is 35.9 Å². The van der Waals surface area contributed by atoms with E-state index in [1.807, 2.05) is 24.3 Å². The van der Waals surface area contributed by atoms with Crippen LogP contribution >= 0.6 is 0 Å². The number of amides is 2. The van der Waals surface area contributed by atoms with Crippen LogP contribution in [0.5, 0.6) is 0 Å². The monoisotopic (exact) mass is 454 g/mol. The average molecular weight is 455 g/mol. The number of piperidine rings is 1. The first-order valence-electron chi connectivity index (χ1n) is 11.5. The Hall–Kier alpha value is -3.22. The van der Waals surface area contributed by atoms with E-state index in [0.29, 0.717) is 32.7 Å². The molecule has 2 aromatic rings. The highest BCUT2D eigenvalue weighted by Gasteiger charge is 2.29. The molecule has 1 saturated heterocycles. The molecule has 33 heavy (non-hydrogen) atoms. The summed E-state index contributed by atoms with van der Waals surface area (Å²) in [4.78, 5) is 40.8. The second-order valence-electron chi connectivity index (χ2n) is 8.23. The van der Waals surface area contributed by atoms with Gasteiger partial charge in [0, 0.05) is 25.2 Å². The summed E-state index contributed by atoms with van der Waals surface area (Å²) in [6, 6.07) is 13.5. The van der Waals surface area contributed by atoms with Crippen molar-refractivity contribution in [1.29, 1.82) is 0 Å². The minimum Gasteiger partial charge on any atom is -0.466 e. The van der Waals surface area contributed by atoms with Gasteiger partial charge in [-0.15, -0.1) is 0 Å². The minimum absolute atomic E-state index is 0.0236. The molecule has 0 aliphatic carbocycles. The predicted octanol–water partition coefficient (Wildman–Crippen LogP) is 4.11. The third-order valence-electron chi connectivity index (χ3n) is 5.85. The molecule has 1 atom stereocenters. The van der Waals surface area contributed by atoms with E-state index in [2.05, 4.69) is 0 Å². The molecule has 1 heterocycles. The van der Waals surface area contributed by atoms with Crippen LogP contribution in [0, 0.1) is 11.7 Å². The zero-order valence-corrected chi connectivity index (χ0v) is 19.3. The van der Waals surface area contributed by atoms with E-state index < -0.39 is 0 Å². The van der Waals surface area contributed by atoms with Gasteiger partial charge in [-0.05, 0) is 55.2 Å². The molecule has 0 bridgehead atoms. The van der Waals surface area contributed by atoms with Gasteiger partial charge < -0.3 is 14.5 Å². The fraction of sp³-hybridized carbons (Fsp3) is 0.423. The number of hydrogen-bond acceptors (Lipinski definition) is 4. The Bertz CT molecular complexity index is 959. The van der Waals surface area contributed by atoms with Gasteiger partial charge in [0.1, 0.15) is 5.82 Å². The minimum atomic E-state index is -0.316. The average Bonchev–Trinajstić information content (AvgIpc) is 2.84. The van der Waals surface area contributed by atoms with E-state index in [1.165, 1.54) is 12.1 Å². The number of anilines is 1. The maximum atomic E-state index is 13.2. The van der Waals surface area contributed by atoms with Crippen LogP contribution in [-0.2, 0) is 32.1 Å². The van der Waals surface area contributed by atoms with Crippen molar-refractivity contribution in [2.75, 3.05) is 24.6 Å². The van der Waals surface area contributed by atoms with Gasteiger partial charge in [0.05, 0.1) is 25.5 Å². The molecule has 176 valence electrons. The van der Waals surface area contributed by atoms with Crippen LogP contribution in [0.2, 0.25) is 0 Å². The second kappa shape index (κ2) is 11.6. The van der Waals surface area contributed by atoms with Gasteiger partial charge in [-0.1, -0.05) is 31.2 Å². The lowest BCUT2D eigenvalue weighted by molar-refractivity contribution is -0.151. The van der Waals surface area contributed by atoms with E-state index in [0.717, 1.165) is 29.7 Å². The van der Waals surface area contributed by atoms with Crippen LogP contribution in [-0.4, -0.2) is 42.4 Å². The summed E-state index contributed by atoms with van der Waals surface area (Å²) in [5.41, 5.74) is 2.40. The van der Waals surface area contributed by atoms with Crippen LogP contribution in [0.1, 0.15) is 44.2 Å². The van der Waals surface area contributed by atoms with Crippen molar-refractivity contribution in [1.82, 2.24) is 4.90 Å². The van der Waals surface area contributed by atoms with Crippen molar-refractivity contribution in [2.45, 2.75) is 46.1 Å². The molecule has 2 aromatic carbocycles. The molecule has 1 fully saturated rings. The van der Waals surface area contributed by atoms with Crippen LogP contribution < -0.4 is 4.90 Å². The van der Waals surface area contributed by atoms with Crippen molar-refractivity contribution < 1.29 is 23.5 Å². The first-order valence-corrected chi connectivity index (χ1v) is 11.5. The lowest BCUT2D eigenvalue weighted by Crippen LogP contribution is -2.43. The molecule has 0 unspecified atom stereocenters. The van der Waals surface area contributed by atoms with E-state index in [1.54, 1.807) is 35.8 Å². The van der Waals surface area contributed by atoms with E-state index >= 15 is 0 Å². The number of ether oxygens (including phenoxy) is 1. The molecule has 1 aliphatic rings. The molecule has 6 nitrogen and oxygen atoms in total. The van der Waals surface area contributed by atoms with Crippen molar-refractivity contribution in [3.63, 3.8) is 0 Å². The van der Waals surface area contributed by atoms with E-state index in [9.17, 15) is 18.8 Å². The highest BCUT2D eigenvalue weighted by atomic mass is 19.1. The Morgan fingerprint density at radius 1 is 1.03 bits per heavy atom. The molecular weight excluding hydrogens is 423 g/mol. The molecular formula is C26H31FN2O4. The van der Waals surface area contributed by atoms with Crippen LogP contribution in [0.4, 0.5) is 10.1 Å². The fourth-order valence-electron chi connectivity index (χ4n) is 4.02. The Morgan fingerprint density at radius 3 is 2.33 bits per heavy atom. The highest BCUT2D eigenvalue weighted by molar-refractivity contribution is 5.93. The molecule has 0 radical (unpaired) electrons. The summed E-state index contributed by atoms with van der Waals surface area (Å²) < 4.78 is 18.3. The zero-order chi connectivity index (χ0) is 23.8. The standard InChI is InChI=1S/C26H31FN2O4/c1-3-24(30)29(17-20-7-11-22(27)12-8-20)23-13-9-19(10-14-23)16-25(31)28-15-5-6-21(18-28)26(32)33-4-2/h7-14,21H,3-6,15-18H2,1-2H3/t21-/m1/s1. The number of nitrogens with zero attached hydrogens (tertiary/aromatic N) is 2. The second-order valence-corrected chi connectivity index (χ2v) is 8.23. The Kier molecular flexibility index (Phi) is 8.58. The molecule has 7 heteroatoms. The number of carbonyl (C=O) groups excluding carboxylic acids is 3. The first-order chi connectivity index (χ1) is 15.9. The van der Waals surface area contributed by atoms with Gasteiger partial charge in [0.25, 0.3) is 0 Å². The fourth-order valence-corrected chi connectivity index (χ4v) is 4.02. The van der Waals surface area contributed by atoms with Crippen molar-refractivity contribution in [3.05, 3.63) is 65.5 Å². The van der Waals surface area contributed by atoms with Crippen LogP contribution in [0.3, 0.4) is 0 Å². The maximum Gasteiger partial charge on any atom is 0.310 e. The maximum absolute atomic E-state index is 13.2. The number of hydrogen-bond donors (Lipinski definition) is 0. The zero-order valence-electron chi connectivity index (χ0n) is 19.3. The van der Waals surface area contributed by atoms with Crippen molar-refractivity contribution in [3.8, 4) is 0 Å². The largest absolute Gasteiger partial charge is 0.466 e. The molecule has 2 amide bonds. The molecule has 0 saturated carbocycles. The molecule has 0 spiro atoms. The van der Waals surface area contributed by atoms with Gasteiger partial charge in [-0.2, -0.15) is 0 Å². The summed E-state index contributed by atoms with van der Waals surface area (Å²) in [5.74, 6) is -0.874. The molecule has 1 aliphatic heterocycles. The number of halogens is 1. The van der Waals surface area contributed by atoms with Crippen molar-refractivity contribution in [2.24, 2.45) is 5.92 Å². The number of rotatable bonds is 8. The lowest BCUT2D eigenvalue weighted by Gasteiger charge is -2.31. The van der Waals surface area contributed by atoms with Gasteiger partial charge in [0.2, 0.25) is 11.8 Å². The van der Waals surface area contributed by atoms with Crippen LogP contribution in [0.25, 0.3) is 0 Å². The Labute approximate surface area is 194 Å². The predicted molar refractivity (Wildman–Crippen MR) is 124 cm³/mol. The van der Waals surface area contributed by atoms with Crippen LogP contribution in [0.15, 0.2) is 48.5 Å². The summed E-state index contributed by atoms with van der Waals surface area (Å²) in [6.45, 7) is 5.30. The summed E-state index contributed by atoms with van der Waals surface area (Å²) in [6.07, 6.45) is 2.10. The quantitative estimate of drug-likeness (QED) is 0.563. The first kappa shape index (κ1) is 24.4. The number of carbonyl (C=O) groups is 3. The number of likely N-dealkylation sites (tertiary alicyclic amines) is 1. The Morgan fingerprint density at radius 2 is 1.70 bits per heavy atom. The SMILES string of the molecule is CCOC(=O)[C@@H]1CCCN(C(=O)Cc2ccc(N(Cc3ccc(F)cc3)C(=O)CC)cc2)C1. The van der Waals surface area contributed by atoms with Gasteiger partial charge >= 0.3 is 5.97 Å². The van der Waals surface area contributed by atoms with E-state index in [4.69, 9.17) is 4.74 Å². The smallest absolute Gasteiger partial charge is 0.310 e. The van der Waals surface area contributed by atoms with Gasteiger partial charge in [-0.25, -0.2) is 4.39 Å². The van der Waals surface area contributed by atoms with Gasteiger partial charge in [0.15, 0.2) is 0 Å². The lowest BCUT2D eigenvalue weighted by atomic mass is 9.97. The molecule has 0 aromatic heterocycles. The number of esters is 1. The summed E-state index contributed by atoms with van der Waals surface area (Å²) in [5, 5.41) is 0. The third-order valence-corrected chi connectivity index (χ3v) is 5.85. The third kappa shape index (κ3) is 6.63. The number of benzene rings is 2. The summed E-state index contributed by atoms with van der Waals surface area (Å²) in [7, 11) is 0. The molecule has 0 N–H and O–H groups in total. The Balaban J connectivity index is 1.65. The van der Waals surface area contributed by atoms with Gasteiger partial charge in [-0.3, -0.25) is 14.4 Å². The normalized spacial score (nSPS) is 15.7. The molecule has 3 rings (SSSR count). The summed E-state index contributed by atoms with van der Waals surface area (Å²) >= 11 is 0. The van der Waals surface area contributed by atoms with Crippen molar-refractivity contribution >= 4 is 23.5 Å².